The second-order valence-electron chi connectivity index (χ2n) is 6.32. The zero-order valence-corrected chi connectivity index (χ0v) is 16.4. The van der Waals surface area contributed by atoms with E-state index >= 15 is 0 Å². The van der Waals surface area contributed by atoms with Crippen LogP contribution in [0, 0.1) is 12.7 Å². The molecule has 6 nitrogen and oxygen atoms in total. The molecule has 1 aromatic carbocycles. The van der Waals surface area contributed by atoms with Crippen molar-refractivity contribution in [2.45, 2.75) is 24.8 Å². The van der Waals surface area contributed by atoms with Gasteiger partial charge in [-0.05, 0) is 37.5 Å². The van der Waals surface area contributed by atoms with E-state index in [9.17, 15) is 9.18 Å². The number of anilines is 2. The Morgan fingerprint density at radius 3 is 2.93 bits per heavy atom. The number of aryl methyl sites for hydroxylation is 1. The highest BCUT2D eigenvalue weighted by Gasteiger charge is 2.19. The Morgan fingerprint density at radius 1 is 1.33 bits per heavy atom. The molecule has 0 spiro atoms. The lowest BCUT2D eigenvalue weighted by Crippen LogP contribution is -2.16. The molecule has 1 amide bonds. The van der Waals surface area contributed by atoms with Crippen LogP contribution in [0.15, 0.2) is 29.6 Å². The maximum absolute atomic E-state index is 13.6. The van der Waals surface area contributed by atoms with Gasteiger partial charge in [0.2, 0.25) is 5.91 Å². The standard InChI is InChI=1S/C18H18FN5OS2/c1-11-4-5-12(8-13(11)19)22-14(25)9-26-17-15-16(20-10-21-17)23-18(27-15)24-6-2-3-7-24/h4-5,8,10H,2-3,6-7,9H2,1H3,(H,22,25). The van der Waals surface area contributed by atoms with Crippen molar-refractivity contribution in [2.24, 2.45) is 0 Å². The van der Waals surface area contributed by atoms with Crippen LogP contribution in [0.1, 0.15) is 18.4 Å². The van der Waals surface area contributed by atoms with Crippen molar-refractivity contribution in [3.05, 3.63) is 35.9 Å². The number of thiazole rings is 1. The lowest BCUT2D eigenvalue weighted by atomic mass is 10.2. The van der Waals surface area contributed by atoms with Gasteiger partial charge < -0.3 is 10.2 Å². The normalized spacial score (nSPS) is 14.1. The van der Waals surface area contributed by atoms with E-state index in [0.29, 0.717) is 16.9 Å². The largest absolute Gasteiger partial charge is 0.348 e. The van der Waals surface area contributed by atoms with Gasteiger partial charge in [-0.3, -0.25) is 4.79 Å². The molecule has 0 atom stereocenters. The van der Waals surface area contributed by atoms with Crippen LogP contribution in [0.3, 0.4) is 0 Å². The van der Waals surface area contributed by atoms with Crippen molar-refractivity contribution in [3.8, 4) is 0 Å². The SMILES string of the molecule is Cc1ccc(NC(=O)CSc2ncnc3nc(N4CCCC4)sc23)cc1F. The number of aromatic nitrogens is 3. The van der Waals surface area contributed by atoms with Gasteiger partial charge in [0, 0.05) is 18.8 Å². The number of nitrogens with zero attached hydrogens (tertiary/aromatic N) is 4. The molecule has 0 saturated carbocycles. The van der Waals surface area contributed by atoms with Crippen LogP contribution in [0.2, 0.25) is 0 Å². The van der Waals surface area contributed by atoms with Crippen LogP contribution in [-0.4, -0.2) is 39.7 Å². The molecule has 1 aliphatic heterocycles. The number of thioether (sulfide) groups is 1. The summed E-state index contributed by atoms with van der Waals surface area (Å²) in [6.45, 7) is 3.72. The van der Waals surface area contributed by atoms with E-state index in [1.807, 2.05) is 0 Å². The van der Waals surface area contributed by atoms with E-state index in [4.69, 9.17) is 0 Å². The predicted molar refractivity (Wildman–Crippen MR) is 107 cm³/mol. The summed E-state index contributed by atoms with van der Waals surface area (Å²) in [6.07, 6.45) is 3.84. The Morgan fingerprint density at radius 2 is 2.15 bits per heavy atom. The quantitative estimate of drug-likeness (QED) is 0.515. The molecule has 1 fully saturated rings. The van der Waals surface area contributed by atoms with Gasteiger partial charge >= 0.3 is 0 Å². The van der Waals surface area contributed by atoms with Gasteiger partial charge in [-0.25, -0.2) is 14.4 Å². The second kappa shape index (κ2) is 7.77. The summed E-state index contributed by atoms with van der Waals surface area (Å²) in [7, 11) is 0. The first-order valence-corrected chi connectivity index (χ1v) is 10.5. The topological polar surface area (TPSA) is 71.0 Å². The molecule has 27 heavy (non-hydrogen) atoms. The number of benzene rings is 1. The Bertz CT molecular complexity index is 987. The maximum Gasteiger partial charge on any atom is 0.234 e. The average Bonchev–Trinajstić information content (AvgIpc) is 3.32. The second-order valence-corrected chi connectivity index (χ2v) is 8.26. The van der Waals surface area contributed by atoms with Crippen molar-refractivity contribution >= 4 is 50.2 Å². The van der Waals surface area contributed by atoms with Crippen LogP contribution in [0.5, 0.6) is 0 Å². The van der Waals surface area contributed by atoms with Gasteiger partial charge in [0.15, 0.2) is 10.8 Å². The van der Waals surface area contributed by atoms with Crippen LogP contribution in [-0.2, 0) is 4.79 Å². The first-order chi connectivity index (χ1) is 13.1. The molecule has 140 valence electrons. The Labute approximate surface area is 164 Å². The minimum absolute atomic E-state index is 0.179. The molecular formula is C18H18FN5OS2. The van der Waals surface area contributed by atoms with Crippen molar-refractivity contribution in [1.82, 2.24) is 15.0 Å². The van der Waals surface area contributed by atoms with E-state index in [1.165, 1.54) is 37.0 Å². The third kappa shape index (κ3) is 4.03. The molecule has 3 aromatic rings. The van der Waals surface area contributed by atoms with Crippen molar-refractivity contribution in [3.63, 3.8) is 0 Å². The van der Waals surface area contributed by atoms with E-state index in [-0.39, 0.29) is 17.5 Å². The van der Waals surface area contributed by atoms with Crippen molar-refractivity contribution in [1.29, 1.82) is 0 Å². The highest BCUT2D eigenvalue weighted by atomic mass is 32.2. The molecule has 1 aliphatic rings. The number of carbonyl (C=O) groups is 1. The minimum Gasteiger partial charge on any atom is -0.348 e. The highest BCUT2D eigenvalue weighted by molar-refractivity contribution is 8.00. The summed E-state index contributed by atoms with van der Waals surface area (Å²) in [4.78, 5) is 27.7. The number of halogens is 1. The van der Waals surface area contributed by atoms with Gasteiger partial charge in [-0.15, -0.1) is 0 Å². The summed E-state index contributed by atoms with van der Waals surface area (Å²) in [5, 5.41) is 4.42. The Kier molecular flexibility index (Phi) is 5.22. The van der Waals surface area contributed by atoms with Crippen molar-refractivity contribution in [2.75, 3.05) is 29.1 Å². The molecule has 3 heterocycles. The zero-order chi connectivity index (χ0) is 18.8. The number of amides is 1. The molecule has 0 unspecified atom stereocenters. The van der Waals surface area contributed by atoms with Crippen molar-refractivity contribution < 1.29 is 9.18 Å². The average molecular weight is 404 g/mol. The minimum atomic E-state index is -0.336. The fourth-order valence-corrected chi connectivity index (χ4v) is 4.81. The fourth-order valence-electron chi connectivity index (χ4n) is 2.87. The van der Waals surface area contributed by atoms with E-state index in [0.717, 1.165) is 27.9 Å². The molecule has 0 aliphatic carbocycles. The third-order valence-corrected chi connectivity index (χ3v) is 6.55. The molecule has 4 rings (SSSR count). The van der Waals surface area contributed by atoms with Crippen LogP contribution < -0.4 is 10.2 Å². The van der Waals surface area contributed by atoms with Crippen LogP contribution >= 0.6 is 23.1 Å². The zero-order valence-electron chi connectivity index (χ0n) is 14.7. The summed E-state index contributed by atoms with van der Waals surface area (Å²) in [5.41, 5.74) is 1.66. The van der Waals surface area contributed by atoms with Gasteiger partial charge in [0.1, 0.15) is 21.9 Å². The maximum atomic E-state index is 13.6. The Balaban J connectivity index is 1.44. The van der Waals surface area contributed by atoms with E-state index < -0.39 is 0 Å². The number of hydrogen-bond acceptors (Lipinski definition) is 7. The molecule has 1 N–H and O–H groups in total. The smallest absolute Gasteiger partial charge is 0.234 e. The molecule has 0 radical (unpaired) electrons. The summed E-state index contributed by atoms with van der Waals surface area (Å²) >= 11 is 2.90. The molecule has 1 saturated heterocycles. The summed E-state index contributed by atoms with van der Waals surface area (Å²) in [5.74, 6) is -0.366. The predicted octanol–water partition coefficient (Wildman–Crippen LogP) is 3.86. The van der Waals surface area contributed by atoms with Crippen LogP contribution in [0.4, 0.5) is 15.2 Å². The molecule has 9 heteroatoms. The summed E-state index contributed by atoms with van der Waals surface area (Å²) < 4.78 is 14.5. The van der Waals surface area contributed by atoms with E-state index in [2.05, 4.69) is 25.2 Å². The number of carbonyl (C=O) groups excluding carboxylic acids is 1. The van der Waals surface area contributed by atoms with Gasteiger partial charge in [0.05, 0.1) is 5.75 Å². The van der Waals surface area contributed by atoms with Crippen LogP contribution in [0.25, 0.3) is 10.3 Å². The molecule has 2 aromatic heterocycles. The number of hydrogen-bond donors (Lipinski definition) is 1. The fraction of sp³-hybridized carbons (Fsp3) is 0.333. The lowest BCUT2D eigenvalue weighted by Gasteiger charge is -2.11. The van der Waals surface area contributed by atoms with Gasteiger partial charge in [-0.1, -0.05) is 29.2 Å². The Hall–Kier alpha value is -2.26. The molecular weight excluding hydrogens is 385 g/mol. The summed E-state index contributed by atoms with van der Waals surface area (Å²) in [6, 6.07) is 4.66. The first-order valence-electron chi connectivity index (χ1n) is 8.65. The first kappa shape index (κ1) is 18.1. The number of fused-ring (bicyclic) bond motifs is 1. The van der Waals surface area contributed by atoms with E-state index in [1.54, 1.807) is 30.4 Å². The van der Waals surface area contributed by atoms with Gasteiger partial charge in [-0.2, -0.15) is 4.98 Å². The van der Waals surface area contributed by atoms with Gasteiger partial charge in [0.25, 0.3) is 0 Å². The third-order valence-electron chi connectivity index (χ3n) is 4.32. The lowest BCUT2D eigenvalue weighted by molar-refractivity contribution is -0.113. The molecule has 0 bridgehead atoms. The number of rotatable bonds is 5. The monoisotopic (exact) mass is 403 g/mol. The number of nitrogens with one attached hydrogen (secondary N) is 1. The highest BCUT2D eigenvalue weighted by Crippen LogP contribution is 2.34.